The number of pyridine rings is 1. The molecule has 0 saturated carbocycles. The second-order valence-electron chi connectivity index (χ2n) is 6.35. The fourth-order valence-corrected chi connectivity index (χ4v) is 3.24. The lowest BCUT2D eigenvalue weighted by molar-refractivity contribution is -0.146. The highest BCUT2D eigenvalue weighted by Gasteiger charge is 2.46. The molecule has 0 spiro atoms. The average molecular weight is 394 g/mol. The Balaban J connectivity index is 1.66. The summed E-state index contributed by atoms with van der Waals surface area (Å²) in [6.07, 6.45) is 0.986. The van der Waals surface area contributed by atoms with Crippen LogP contribution in [0, 0.1) is 5.82 Å². The van der Waals surface area contributed by atoms with E-state index in [0.29, 0.717) is 6.42 Å². The van der Waals surface area contributed by atoms with E-state index >= 15 is 0 Å². The standard InChI is InChI=1S/C17H14F4N6O/c18-10-6-11(8-22-7-10)24-16(28)12-9-23-27-5-3-14(25-15(12)27)26-4-1-2-13(26)17(19,20)21/h3,5-9,13H,1-2,4H2,(H,24,28). The number of nitrogens with zero attached hydrogens (tertiary/aromatic N) is 5. The summed E-state index contributed by atoms with van der Waals surface area (Å²) in [5.41, 5.74) is 0.290. The summed E-state index contributed by atoms with van der Waals surface area (Å²) in [6.45, 7) is 0.220. The minimum absolute atomic E-state index is 0.00443. The maximum absolute atomic E-state index is 13.2. The molecule has 11 heteroatoms. The smallest absolute Gasteiger partial charge is 0.344 e. The van der Waals surface area contributed by atoms with Gasteiger partial charge in [0.1, 0.15) is 23.2 Å². The first-order chi connectivity index (χ1) is 13.3. The second-order valence-corrected chi connectivity index (χ2v) is 6.35. The highest BCUT2D eigenvalue weighted by Crippen LogP contribution is 2.35. The number of hydrogen-bond donors (Lipinski definition) is 1. The molecule has 3 aromatic rings. The van der Waals surface area contributed by atoms with E-state index in [-0.39, 0.29) is 35.7 Å². The molecule has 146 valence electrons. The summed E-state index contributed by atoms with van der Waals surface area (Å²) in [5, 5.41) is 6.47. The zero-order chi connectivity index (χ0) is 19.9. The quantitative estimate of drug-likeness (QED) is 0.691. The lowest BCUT2D eigenvalue weighted by Crippen LogP contribution is -2.41. The molecule has 1 saturated heterocycles. The van der Waals surface area contributed by atoms with Gasteiger partial charge in [0.25, 0.3) is 5.91 Å². The van der Waals surface area contributed by atoms with Gasteiger partial charge in [-0.05, 0) is 18.9 Å². The van der Waals surface area contributed by atoms with Crippen molar-refractivity contribution < 1.29 is 22.4 Å². The number of amides is 1. The third kappa shape index (κ3) is 3.35. The molecule has 7 nitrogen and oxygen atoms in total. The van der Waals surface area contributed by atoms with Gasteiger partial charge in [-0.15, -0.1) is 0 Å². The average Bonchev–Trinajstić information content (AvgIpc) is 3.28. The predicted molar refractivity (Wildman–Crippen MR) is 91.6 cm³/mol. The zero-order valence-electron chi connectivity index (χ0n) is 14.3. The molecule has 0 aromatic carbocycles. The fourth-order valence-electron chi connectivity index (χ4n) is 3.24. The van der Waals surface area contributed by atoms with Crippen molar-refractivity contribution in [2.75, 3.05) is 16.8 Å². The van der Waals surface area contributed by atoms with Crippen molar-refractivity contribution >= 4 is 23.1 Å². The lowest BCUT2D eigenvalue weighted by atomic mass is 10.2. The molecule has 0 radical (unpaired) electrons. The van der Waals surface area contributed by atoms with Crippen LogP contribution in [0.3, 0.4) is 0 Å². The van der Waals surface area contributed by atoms with Crippen LogP contribution in [-0.2, 0) is 0 Å². The van der Waals surface area contributed by atoms with Gasteiger partial charge in [-0.2, -0.15) is 18.3 Å². The first kappa shape index (κ1) is 18.1. The highest BCUT2D eigenvalue weighted by atomic mass is 19.4. The Morgan fingerprint density at radius 2 is 2.07 bits per heavy atom. The predicted octanol–water partition coefficient (Wildman–Crippen LogP) is 3.05. The Morgan fingerprint density at radius 3 is 2.82 bits per heavy atom. The Hall–Kier alpha value is -3.24. The molecular formula is C17H14F4N6O. The van der Waals surface area contributed by atoms with Gasteiger partial charge in [0.15, 0.2) is 5.65 Å². The van der Waals surface area contributed by atoms with Crippen LogP contribution < -0.4 is 10.2 Å². The number of fused-ring (bicyclic) bond motifs is 1. The maximum atomic E-state index is 13.2. The van der Waals surface area contributed by atoms with E-state index in [9.17, 15) is 22.4 Å². The number of alkyl halides is 3. The second kappa shape index (κ2) is 6.73. The zero-order valence-corrected chi connectivity index (χ0v) is 14.3. The number of carbonyl (C=O) groups is 1. The Labute approximate surface area is 156 Å². The summed E-state index contributed by atoms with van der Waals surface area (Å²) >= 11 is 0. The van der Waals surface area contributed by atoms with Crippen molar-refractivity contribution in [3.05, 3.63) is 48.3 Å². The molecule has 1 aliphatic rings. The number of aromatic nitrogens is 4. The van der Waals surface area contributed by atoms with Gasteiger partial charge in [0.05, 0.1) is 24.3 Å². The molecule has 1 fully saturated rings. The third-order valence-electron chi connectivity index (χ3n) is 4.49. The monoisotopic (exact) mass is 394 g/mol. The largest absolute Gasteiger partial charge is 0.408 e. The molecule has 4 heterocycles. The van der Waals surface area contributed by atoms with Gasteiger partial charge in [-0.1, -0.05) is 0 Å². The van der Waals surface area contributed by atoms with Gasteiger partial charge >= 0.3 is 6.18 Å². The van der Waals surface area contributed by atoms with Crippen LogP contribution in [0.2, 0.25) is 0 Å². The van der Waals surface area contributed by atoms with Crippen LogP contribution in [0.5, 0.6) is 0 Å². The summed E-state index contributed by atoms with van der Waals surface area (Å²) in [6, 6.07) is 0.913. The van der Waals surface area contributed by atoms with E-state index in [1.54, 1.807) is 0 Å². The van der Waals surface area contributed by atoms with Crippen molar-refractivity contribution in [3.63, 3.8) is 0 Å². The van der Waals surface area contributed by atoms with Crippen LogP contribution in [-0.4, -0.2) is 44.3 Å². The molecule has 28 heavy (non-hydrogen) atoms. The van der Waals surface area contributed by atoms with Crippen molar-refractivity contribution in [1.29, 1.82) is 0 Å². The number of nitrogens with one attached hydrogen (secondary N) is 1. The van der Waals surface area contributed by atoms with E-state index in [1.807, 2.05) is 0 Å². The molecular weight excluding hydrogens is 380 g/mol. The van der Waals surface area contributed by atoms with E-state index in [4.69, 9.17) is 0 Å². The Bertz CT molecular complexity index is 1030. The van der Waals surface area contributed by atoms with E-state index < -0.39 is 23.9 Å². The van der Waals surface area contributed by atoms with E-state index in [2.05, 4.69) is 20.4 Å². The van der Waals surface area contributed by atoms with Gasteiger partial charge in [-0.25, -0.2) is 13.9 Å². The number of rotatable bonds is 3. The SMILES string of the molecule is O=C(Nc1cncc(F)c1)c1cnn2ccc(N3CCCC3C(F)(F)F)nc12. The Morgan fingerprint density at radius 1 is 1.25 bits per heavy atom. The molecule has 0 aliphatic carbocycles. The maximum Gasteiger partial charge on any atom is 0.408 e. The molecule has 4 rings (SSSR count). The summed E-state index contributed by atoms with van der Waals surface area (Å²) in [4.78, 5) is 21.6. The van der Waals surface area contributed by atoms with Crippen molar-refractivity contribution in [1.82, 2.24) is 19.6 Å². The van der Waals surface area contributed by atoms with Gasteiger partial charge in [-0.3, -0.25) is 9.78 Å². The van der Waals surface area contributed by atoms with E-state index in [1.165, 1.54) is 34.1 Å². The summed E-state index contributed by atoms with van der Waals surface area (Å²) < 4.78 is 54.3. The molecule has 3 aromatic heterocycles. The molecule has 1 atom stereocenters. The minimum Gasteiger partial charge on any atom is -0.344 e. The topological polar surface area (TPSA) is 75.4 Å². The molecule has 1 aliphatic heterocycles. The third-order valence-corrected chi connectivity index (χ3v) is 4.49. The normalized spacial score (nSPS) is 17.3. The van der Waals surface area contributed by atoms with Gasteiger partial charge in [0.2, 0.25) is 0 Å². The van der Waals surface area contributed by atoms with Crippen LogP contribution in [0.1, 0.15) is 23.2 Å². The number of hydrogen-bond acceptors (Lipinski definition) is 5. The molecule has 1 unspecified atom stereocenters. The fraction of sp³-hybridized carbons (Fsp3) is 0.294. The van der Waals surface area contributed by atoms with Crippen LogP contribution in [0.25, 0.3) is 5.65 Å². The number of carbonyl (C=O) groups excluding carboxylic acids is 1. The molecule has 1 N–H and O–H groups in total. The van der Waals surface area contributed by atoms with Crippen molar-refractivity contribution in [3.8, 4) is 0 Å². The molecule has 0 bridgehead atoms. The first-order valence-electron chi connectivity index (χ1n) is 8.42. The van der Waals surface area contributed by atoms with Crippen LogP contribution >= 0.6 is 0 Å². The Kier molecular flexibility index (Phi) is 4.36. The number of anilines is 2. The van der Waals surface area contributed by atoms with E-state index in [0.717, 1.165) is 12.3 Å². The first-order valence-corrected chi connectivity index (χ1v) is 8.42. The summed E-state index contributed by atoms with van der Waals surface area (Å²) in [5.74, 6) is -1.12. The van der Waals surface area contributed by atoms with Gasteiger partial charge in [0, 0.05) is 18.8 Å². The summed E-state index contributed by atoms with van der Waals surface area (Å²) in [7, 11) is 0. The van der Waals surface area contributed by atoms with Gasteiger partial charge < -0.3 is 10.2 Å². The van der Waals surface area contributed by atoms with Crippen molar-refractivity contribution in [2.24, 2.45) is 0 Å². The lowest BCUT2D eigenvalue weighted by Gasteiger charge is -2.27. The molecule has 1 amide bonds. The van der Waals surface area contributed by atoms with Crippen LogP contribution in [0.15, 0.2) is 36.9 Å². The highest BCUT2D eigenvalue weighted by molar-refractivity contribution is 6.08. The minimum atomic E-state index is -4.37. The number of halogens is 4. The van der Waals surface area contributed by atoms with Crippen LogP contribution in [0.4, 0.5) is 29.1 Å². The van der Waals surface area contributed by atoms with Crippen molar-refractivity contribution in [2.45, 2.75) is 25.1 Å².